The van der Waals surface area contributed by atoms with Crippen molar-refractivity contribution in [2.24, 2.45) is 0 Å². The summed E-state index contributed by atoms with van der Waals surface area (Å²) in [7, 11) is 0. The van der Waals surface area contributed by atoms with E-state index in [1.54, 1.807) is 0 Å². The van der Waals surface area contributed by atoms with Gasteiger partial charge in [-0.2, -0.15) is 0 Å². The molecule has 0 atom stereocenters. The molecule has 0 aliphatic rings. The van der Waals surface area contributed by atoms with E-state index in [0.717, 1.165) is 0 Å². The normalized spacial score (nSPS) is 5.00. The van der Waals surface area contributed by atoms with E-state index in [1.165, 1.54) is 0 Å². The molecule has 0 amide bonds. The van der Waals surface area contributed by atoms with E-state index < -0.39 is 0 Å². The fourth-order valence-corrected chi connectivity index (χ4v) is 0.0160. The molecule has 9 heteroatoms. The Morgan fingerprint density at radius 2 is 1.42 bits per heavy atom. The SMILES string of the molecule is C.O=COO[O-].O=CO[O-].OO. The summed E-state index contributed by atoms with van der Waals surface area (Å²) in [5.41, 5.74) is 0. The van der Waals surface area contributed by atoms with Crippen molar-refractivity contribution in [3.05, 3.63) is 0 Å². The van der Waals surface area contributed by atoms with E-state index in [9.17, 15) is 0 Å². The molecule has 9 nitrogen and oxygen atoms in total. The van der Waals surface area contributed by atoms with Crippen LogP contribution >= 0.6 is 0 Å². The van der Waals surface area contributed by atoms with Gasteiger partial charge in [-0.25, -0.2) is 5.04 Å². The summed E-state index contributed by atoms with van der Waals surface area (Å²) >= 11 is 0. The lowest BCUT2D eigenvalue weighted by molar-refractivity contribution is -0.785. The van der Waals surface area contributed by atoms with E-state index in [0.29, 0.717) is 0 Å². The molecule has 0 fully saturated rings. The van der Waals surface area contributed by atoms with Gasteiger partial charge in [0.25, 0.3) is 6.47 Å². The largest absolute Gasteiger partial charge is 0.681 e. The molecule has 0 aliphatic heterocycles. The number of hydrogen-bond donors (Lipinski definition) is 2. The summed E-state index contributed by atoms with van der Waals surface area (Å²) in [6.45, 7) is -0.285. The van der Waals surface area contributed by atoms with E-state index in [2.05, 4.69) is 14.8 Å². The maximum Gasteiger partial charge on any atom is 0.329 e. The number of hydrogen-bond acceptors (Lipinski definition) is 9. The van der Waals surface area contributed by atoms with Gasteiger partial charge >= 0.3 is 6.47 Å². The van der Waals surface area contributed by atoms with Crippen LogP contribution in [0.5, 0.6) is 0 Å². The molecular formula is C3H8O9-2. The minimum absolute atomic E-state index is 0. The first-order valence-corrected chi connectivity index (χ1v) is 1.64. The van der Waals surface area contributed by atoms with Crippen molar-refractivity contribution in [1.82, 2.24) is 0 Å². The van der Waals surface area contributed by atoms with Crippen LogP contribution < -0.4 is 10.5 Å². The molecule has 0 bridgehead atoms. The average molecular weight is 188 g/mol. The molecule has 0 aromatic heterocycles. The van der Waals surface area contributed by atoms with Crippen LogP contribution in [0.1, 0.15) is 7.43 Å². The zero-order chi connectivity index (χ0) is 9.54. The lowest BCUT2D eigenvalue weighted by atomic mass is 11.7. The molecule has 0 heterocycles. The number of rotatable bonds is 3. The molecule has 0 aromatic rings. The van der Waals surface area contributed by atoms with Gasteiger partial charge in [0.1, 0.15) is 0 Å². The smallest absolute Gasteiger partial charge is 0.329 e. The van der Waals surface area contributed by atoms with Crippen LogP contribution in [0.15, 0.2) is 0 Å². The van der Waals surface area contributed by atoms with E-state index >= 15 is 0 Å². The van der Waals surface area contributed by atoms with Gasteiger partial charge in [0.15, 0.2) is 0 Å². The van der Waals surface area contributed by atoms with Crippen LogP contribution in [0, 0.1) is 0 Å². The van der Waals surface area contributed by atoms with Gasteiger partial charge < -0.3 is 20.3 Å². The number of carbonyl (C=O) groups excluding carboxylic acids is 2. The Hall–Kier alpha value is -1.26. The Kier molecular flexibility index (Phi) is 99.4. The standard InChI is InChI=1S/CH2O4.CH2O3.CH4.H2O2/c2-1-4-5-3;2-1-4-3;;1-2/h1,3H;1,3H;1H4;1-2H/p-2. The lowest BCUT2D eigenvalue weighted by Crippen LogP contribution is -2.03. The predicted octanol–water partition coefficient (Wildman–Crippen LogP) is -2.55. The highest BCUT2D eigenvalue weighted by atomic mass is 17.5. The van der Waals surface area contributed by atoms with Crippen molar-refractivity contribution in [3.63, 3.8) is 0 Å². The Labute approximate surface area is 67.0 Å². The first kappa shape index (κ1) is 22.4. The molecular weight excluding hydrogens is 180 g/mol. The number of carbonyl (C=O) groups is 2. The molecule has 0 aromatic carbocycles. The van der Waals surface area contributed by atoms with Gasteiger partial charge in [-0.3, -0.25) is 20.1 Å². The third-order valence-corrected chi connectivity index (χ3v) is 0.118. The van der Waals surface area contributed by atoms with Gasteiger partial charge in [-0.05, 0) is 0 Å². The first-order chi connectivity index (χ1) is 5.33. The van der Waals surface area contributed by atoms with Crippen molar-refractivity contribution in [3.8, 4) is 0 Å². The quantitative estimate of drug-likeness (QED) is 0.277. The van der Waals surface area contributed by atoms with Crippen LogP contribution in [-0.4, -0.2) is 23.5 Å². The Morgan fingerprint density at radius 1 is 1.08 bits per heavy atom. The Balaban J connectivity index is -0.0000000419. The minimum Gasteiger partial charge on any atom is -0.681 e. The topological polar surface area (TPSA) is 148 Å². The summed E-state index contributed by atoms with van der Waals surface area (Å²) in [5.74, 6) is 0. The molecule has 76 valence electrons. The lowest BCUT2D eigenvalue weighted by Gasteiger charge is -1.93. The van der Waals surface area contributed by atoms with E-state index in [1.807, 2.05) is 0 Å². The van der Waals surface area contributed by atoms with Crippen LogP contribution in [-0.2, 0) is 24.4 Å². The fourth-order valence-electron chi connectivity index (χ4n) is 0.0160. The molecule has 0 aliphatic carbocycles. The van der Waals surface area contributed by atoms with Crippen molar-refractivity contribution in [1.29, 1.82) is 0 Å². The van der Waals surface area contributed by atoms with Crippen molar-refractivity contribution in [2.45, 2.75) is 7.43 Å². The molecule has 0 saturated carbocycles. The summed E-state index contributed by atoms with van der Waals surface area (Å²) in [6.07, 6.45) is 0. The van der Waals surface area contributed by atoms with Crippen LogP contribution in [0.3, 0.4) is 0 Å². The summed E-state index contributed by atoms with van der Waals surface area (Å²) < 4.78 is 0. The molecule has 12 heavy (non-hydrogen) atoms. The van der Waals surface area contributed by atoms with Gasteiger partial charge in [0.05, 0.1) is 0 Å². The van der Waals surface area contributed by atoms with Crippen LogP contribution in [0.4, 0.5) is 0 Å². The highest BCUT2D eigenvalue weighted by Gasteiger charge is 1.53. The van der Waals surface area contributed by atoms with Crippen LogP contribution in [0.2, 0.25) is 0 Å². The molecule has 0 rings (SSSR count). The van der Waals surface area contributed by atoms with Gasteiger partial charge in [-0.15, -0.1) is 0 Å². The van der Waals surface area contributed by atoms with Gasteiger partial charge in [-0.1, -0.05) is 7.43 Å². The zero-order valence-electron chi connectivity index (χ0n) is 4.91. The molecule has 0 radical (unpaired) electrons. The monoisotopic (exact) mass is 188 g/mol. The van der Waals surface area contributed by atoms with E-state index in [4.69, 9.17) is 30.6 Å². The third kappa shape index (κ3) is 173. The van der Waals surface area contributed by atoms with Crippen LogP contribution in [0.25, 0.3) is 0 Å². The molecule has 0 saturated heterocycles. The first-order valence-electron chi connectivity index (χ1n) is 1.64. The average Bonchev–Trinajstić information content (AvgIpc) is 2.10. The summed E-state index contributed by atoms with van der Waals surface area (Å²) in [6, 6.07) is 0. The van der Waals surface area contributed by atoms with E-state index in [-0.39, 0.29) is 20.4 Å². The van der Waals surface area contributed by atoms with Gasteiger partial charge in [0.2, 0.25) is 0 Å². The van der Waals surface area contributed by atoms with Crippen molar-refractivity contribution < 1.29 is 45.4 Å². The Morgan fingerprint density at radius 3 is 1.42 bits per heavy atom. The summed E-state index contributed by atoms with van der Waals surface area (Å²) in [4.78, 5) is 23.2. The highest BCUT2D eigenvalue weighted by Crippen LogP contribution is 1.48. The Bertz CT molecular complexity index is 62.8. The molecule has 2 N–H and O–H groups in total. The minimum atomic E-state index is -0.181. The third-order valence-electron chi connectivity index (χ3n) is 0.118. The zero-order valence-corrected chi connectivity index (χ0v) is 4.91. The maximum atomic E-state index is 8.86. The molecule has 0 spiro atoms. The van der Waals surface area contributed by atoms with Crippen molar-refractivity contribution in [2.75, 3.05) is 0 Å². The second-order valence-corrected chi connectivity index (χ2v) is 0.453. The maximum absolute atomic E-state index is 8.86. The summed E-state index contributed by atoms with van der Waals surface area (Å²) in [5, 5.41) is 31.6. The second kappa shape index (κ2) is 53.2. The highest BCUT2D eigenvalue weighted by molar-refractivity contribution is 5.35. The molecule has 0 unspecified atom stereocenters. The second-order valence-electron chi connectivity index (χ2n) is 0.453. The van der Waals surface area contributed by atoms with Crippen molar-refractivity contribution >= 4 is 12.9 Å². The predicted molar refractivity (Wildman–Crippen MR) is 27.4 cm³/mol. The van der Waals surface area contributed by atoms with Gasteiger partial charge in [0, 0.05) is 0 Å². The fraction of sp³-hybridized carbons (Fsp3) is 0.333.